The Morgan fingerprint density at radius 2 is 2.19 bits per heavy atom. The molecule has 92 valence electrons. The predicted molar refractivity (Wildman–Crippen MR) is 72.0 cm³/mol. The predicted octanol–water partition coefficient (Wildman–Crippen LogP) is 3.37. The number of aryl methyl sites for hydroxylation is 1. The smallest absolute Gasteiger partial charge is 0.118 e. The van der Waals surface area contributed by atoms with Crippen LogP contribution in [-0.2, 0) is 6.54 Å². The van der Waals surface area contributed by atoms with Gasteiger partial charge in [-0.1, -0.05) is 13.3 Å². The summed E-state index contributed by atoms with van der Waals surface area (Å²) in [5.74, 6) is 3.70. The molecule has 0 saturated heterocycles. The normalized spacial score (nSPS) is 13.3. The lowest BCUT2D eigenvalue weighted by Gasteiger charge is -2.21. The van der Waals surface area contributed by atoms with Crippen LogP contribution >= 0.6 is 12.6 Å². The van der Waals surface area contributed by atoms with Crippen LogP contribution in [-0.4, -0.2) is 24.2 Å². The van der Waals surface area contributed by atoms with Crippen LogP contribution in [0, 0.1) is 12.8 Å². The highest BCUT2D eigenvalue weighted by Crippen LogP contribution is 2.13. The summed E-state index contributed by atoms with van der Waals surface area (Å²) in [6.45, 7) is 6.20. The minimum atomic E-state index is 0.689. The summed E-state index contributed by atoms with van der Waals surface area (Å²) in [7, 11) is 2.14. The molecular formula is C13H23NOS. The standard InChI is InChI=1S/C13H23NOS/c1-4-5-12(10-16)8-14(3)9-13-7-6-11(2)15-13/h6-7,12,16H,4-5,8-10H2,1-3H3. The molecule has 0 saturated carbocycles. The van der Waals surface area contributed by atoms with Gasteiger partial charge in [-0.05, 0) is 44.2 Å². The molecule has 16 heavy (non-hydrogen) atoms. The van der Waals surface area contributed by atoms with Gasteiger partial charge in [0.2, 0.25) is 0 Å². The molecule has 0 radical (unpaired) electrons. The largest absolute Gasteiger partial charge is 0.465 e. The van der Waals surface area contributed by atoms with Gasteiger partial charge in [0.1, 0.15) is 11.5 Å². The Hall–Kier alpha value is -0.410. The molecular weight excluding hydrogens is 218 g/mol. The number of furan rings is 1. The van der Waals surface area contributed by atoms with Crippen LogP contribution in [0.1, 0.15) is 31.3 Å². The van der Waals surface area contributed by atoms with Crippen LogP contribution in [0.2, 0.25) is 0 Å². The Balaban J connectivity index is 2.37. The van der Waals surface area contributed by atoms with Crippen LogP contribution in [0.4, 0.5) is 0 Å². The summed E-state index contributed by atoms with van der Waals surface area (Å²) in [4.78, 5) is 2.31. The van der Waals surface area contributed by atoms with E-state index in [1.54, 1.807) is 0 Å². The van der Waals surface area contributed by atoms with Crippen molar-refractivity contribution in [1.29, 1.82) is 0 Å². The van der Waals surface area contributed by atoms with Crippen molar-refractivity contribution in [2.75, 3.05) is 19.3 Å². The monoisotopic (exact) mass is 241 g/mol. The van der Waals surface area contributed by atoms with Gasteiger partial charge in [-0.15, -0.1) is 0 Å². The minimum Gasteiger partial charge on any atom is -0.465 e. The average Bonchev–Trinajstić information content (AvgIpc) is 2.63. The quantitative estimate of drug-likeness (QED) is 0.737. The molecule has 0 amide bonds. The molecule has 0 fully saturated rings. The van der Waals surface area contributed by atoms with E-state index in [-0.39, 0.29) is 0 Å². The highest BCUT2D eigenvalue weighted by atomic mass is 32.1. The fourth-order valence-electron chi connectivity index (χ4n) is 1.99. The van der Waals surface area contributed by atoms with Crippen molar-refractivity contribution in [3.8, 4) is 0 Å². The van der Waals surface area contributed by atoms with E-state index < -0.39 is 0 Å². The van der Waals surface area contributed by atoms with Crippen LogP contribution < -0.4 is 0 Å². The van der Waals surface area contributed by atoms with Crippen molar-refractivity contribution in [3.05, 3.63) is 23.7 Å². The van der Waals surface area contributed by atoms with E-state index in [4.69, 9.17) is 4.42 Å². The van der Waals surface area contributed by atoms with Crippen molar-refractivity contribution >= 4 is 12.6 Å². The van der Waals surface area contributed by atoms with Crippen molar-refractivity contribution < 1.29 is 4.42 Å². The second-order valence-corrected chi connectivity index (χ2v) is 4.91. The maximum atomic E-state index is 5.57. The Morgan fingerprint density at radius 3 is 2.69 bits per heavy atom. The van der Waals surface area contributed by atoms with Gasteiger partial charge in [-0.25, -0.2) is 0 Å². The zero-order valence-electron chi connectivity index (χ0n) is 10.6. The van der Waals surface area contributed by atoms with E-state index in [9.17, 15) is 0 Å². The van der Waals surface area contributed by atoms with E-state index in [1.165, 1.54) is 12.8 Å². The van der Waals surface area contributed by atoms with Gasteiger partial charge in [0.15, 0.2) is 0 Å². The summed E-state index contributed by atoms with van der Waals surface area (Å²) in [5, 5.41) is 0. The zero-order valence-corrected chi connectivity index (χ0v) is 11.5. The Labute approximate surface area is 104 Å². The van der Waals surface area contributed by atoms with Crippen LogP contribution in [0.25, 0.3) is 0 Å². The molecule has 0 spiro atoms. The first-order valence-electron chi connectivity index (χ1n) is 6.00. The molecule has 1 unspecified atom stereocenters. The third-order valence-electron chi connectivity index (χ3n) is 2.75. The van der Waals surface area contributed by atoms with E-state index >= 15 is 0 Å². The molecule has 1 aromatic rings. The maximum Gasteiger partial charge on any atom is 0.118 e. The molecule has 1 aromatic heterocycles. The van der Waals surface area contributed by atoms with Gasteiger partial charge < -0.3 is 4.42 Å². The molecule has 0 bridgehead atoms. The van der Waals surface area contributed by atoms with Crippen LogP contribution in [0.5, 0.6) is 0 Å². The molecule has 1 heterocycles. The fraction of sp³-hybridized carbons (Fsp3) is 0.692. The first-order chi connectivity index (χ1) is 7.65. The minimum absolute atomic E-state index is 0.689. The van der Waals surface area contributed by atoms with E-state index in [0.29, 0.717) is 5.92 Å². The lowest BCUT2D eigenvalue weighted by atomic mass is 10.1. The zero-order chi connectivity index (χ0) is 12.0. The van der Waals surface area contributed by atoms with E-state index in [0.717, 1.165) is 30.4 Å². The van der Waals surface area contributed by atoms with Crippen molar-refractivity contribution in [1.82, 2.24) is 4.90 Å². The van der Waals surface area contributed by atoms with Crippen molar-refractivity contribution in [2.24, 2.45) is 5.92 Å². The first-order valence-corrected chi connectivity index (χ1v) is 6.63. The number of rotatable bonds is 7. The molecule has 0 aliphatic heterocycles. The van der Waals surface area contributed by atoms with Crippen LogP contribution in [0.3, 0.4) is 0 Å². The molecule has 0 aliphatic carbocycles. The summed E-state index contributed by atoms with van der Waals surface area (Å²) in [5.41, 5.74) is 0. The third-order valence-corrected chi connectivity index (χ3v) is 3.26. The number of hydrogen-bond acceptors (Lipinski definition) is 3. The number of hydrogen-bond donors (Lipinski definition) is 1. The molecule has 0 N–H and O–H groups in total. The molecule has 1 rings (SSSR count). The summed E-state index contributed by atoms with van der Waals surface area (Å²) in [6, 6.07) is 4.08. The Bertz CT molecular complexity index is 298. The molecule has 0 aliphatic rings. The van der Waals surface area contributed by atoms with Crippen LogP contribution in [0.15, 0.2) is 16.5 Å². The lowest BCUT2D eigenvalue weighted by Crippen LogP contribution is -2.26. The molecule has 1 atom stereocenters. The highest BCUT2D eigenvalue weighted by Gasteiger charge is 2.10. The second-order valence-electron chi connectivity index (χ2n) is 4.55. The highest BCUT2D eigenvalue weighted by molar-refractivity contribution is 7.80. The second kappa shape index (κ2) is 7.02. The van der Waals surface area contributed by atoms with Gasteiger partial charge in [-0.3, -0.25) is 4.90 Å². The van der Waals surface area contributed by atoms with E-state index in [2.05, 4.69) is 37.6 Å². The van der Waals surface area contributed by atoms with Crippen molar-refractivity contribution in [3.63, 3.8) is 0 Å². The Kier molecular flexibility index (Phi) is 5.99. The lowest BCUT2D eigenvalue weighted by molar-refractivity contribution is 0.251. The Morgan fingerprint density at radius 1 is 1.44 bits per heavy atom. The molecule has 0 aromatic carbocycles. The fourth-order valence-corrected chi connectivity index (χ4v) is 2.29. The van der Waals surface area contributed by atoms with Gasteiger partial charge >= 0.3 is 0 Å². The SMILES string of the molecule is CCCC(CS)CN(C)Cc1ccc(C)o1. The van der Waals surface area contributed by atoms with Gasteiger partial charge in [0, 0.05) is 6.54 Å². The topological polar surface area (TPSA) is 16.4 Å². The number of nitrogens with zero attached hydrogens (tertiary/aromatic N) is 1. The molecule has 2 nitrogen and oxygen atoms in total. The first kappa shape index (κ1) is 13.7. The summed E-state index contributed by atoms with van der Waals surface area (Å²) >= 11 is 4.40. The average molecular weight is 241 g/mol. The number of thiol groups is 1. The summed E-state index contributed by atoms with van der Waals surface area (Å²) < 4.78 is 5.57. The third kappa shape index (κ3) is 4.62. The van der Waals surface area contributed by atoms with E-state index in [1.807, 2.05) is 13.0 Å². The van der Waals surface area contributed by atoms with Gasteiger partial charge in [0.25, 0.3) is 0 Å². The summed E-state index contributed by atoms with van der Waals surface area (Å²) in [6.07, 6.45) is 2.49. The van der Waals surface area contributed by atoms with Gasteiger partial charge in [0.05, 0.1) is 6.54 Å². The maximum absolute atomic E-state index is 5.57. The van der Waals surface area contributed by atoms with Gasteiger partial charge in [-0.2, -0.15) is 12.6 Å². The molecule has 3 heteroatoms. The van der Waals surface area contributed by atoms with Crippen molar-refractivity contribution in [2.45, 2.75) is 33.2 Å².